The van der Waals surface area contributed by atoms with Gasteiger partial charge in [-0.25, -0.2) is 8.42 Å². The lowest BCUT2D eigenvalue weighted by Crippen LogP contribution is -2.51. The molecule has 2 aromatic rings. The van der Waals surface area contributed by atoms with Crippen LogP contribution in [-0.2, 0) is 26.2 Å². The lowest BCUT2D eigenvalue weighted by atomic mass is 10.1. The van der Waals surface area contributed by atoms with Crippen molar-refractivity contribution in [1.82, 2.24) is 10.2 Å². The smallest absolute Gasteiger partial charge is 0.244 e. The number of carbonyl (C=O) groups is 2. The Morgan fingerprint density at radius 3 is 2.31 bits per heavy atom. The van der Waals surface area contributed by atoms with Crippen LogP contribution in [0.5, 0.6) is 5.75 Å². The van der Waals surface area contributed by atoms with Crippen molar-refractivity contribution < 1.29 is 22.7 Å². The number of amides is 2. The maximum Gasteiger partial charge on any atom is 0.244 e. The fraction of sp³-hybridized carbons (Fsp3) is 0.417. The average molecular weight is 545 g/mol. The maximum absolute atomic E-state index is 13.6. The van der Waals surface area contributed by atoms with Gasteiger partial charge in [0.2, 0.25) is 21.8 Å². The zero-order valence-electron chi connectivity index (χ0n) is 20.4. The van der Waals surface area contributed by atoms with Crippen LogP contribution < -0.4 is 14.4 Å². The highest BCUT2D eigenvalue weighted by atomic mass is 35.5. The summed E-state index contributed by atoms with van der Waals surface area (Å²) < 4.78 is 31.7. The van der Waals surface area contributed by atoms with Gasteiger partial charge in [0.15, 0.2) is 0 Å². The summed E-state index contributed by atoms with van der Waals surface area (Å²) in [5.41, 5.74) is 0.739. The van der Waals surface area contributed by atoms with E-state index in [-0.39, 0.29) is 34.8 Å². The number of rotatable bonds is 11. The number of halogens is 2. The van der Waals surface area contributed by atoms with E-state index in [9.17, 15) is 18.0 Å². The van der Waals surface area contributed by atoms with E-state index in [1.165, 1.54) is 24.1 Å². The molecule has 0 aromatic heterocycles. The molecule has 0 aliphatic rings. The van der Waals surface area contributed by atoms with E-state index in [4.69, 9.17) is 27.9 Å². The molecule has 2 aromatic carbocycles. The lowest BCUT2D eigenvalue weighted by molar-refractivity contribution is -0.139. The quantitative estimate of drug-likeness (QED) is 0.462. The van der Waals surface area contributed by atoms with Gasteiger partial charge in [-0.1, -0.05) is 55.2 Å². The number of hydrogen-bond acceptors (Lipinski definition) is 5. The van der Waals surface area contributed by atoms with Crippen molar-refractivity contribution >= 4 is 50.7 Å². The van der Waals surface area contributed by atoms with Gasteiger partial charge in [0.1, 0.15) is 18.3 Å². The molecule has 0 aliphatic heterocycles. The molecular weight excluding hydrogens is 513 g/mol. The normalized spacial score (nSPS) is 12.2. The molecule has 0 saturated carbocycles. The molecule has 0 spiro atoms. The van der Waals surface area contributed by atoms with Crippen LogP contribution >= 0.6 is 23.2 Å². The first-order valence-electron chi connectivity index (χ1n) is 11.0. The zero-order valence-corrected chi connectivity index (χ0v) is 22.7. The maximum atomic E-state index is 13.6. The minimum atomic E-state index is -3.92. The second-order valence-corrected chi connectivity index (χ2v) is 11.3. The molecule has 0 aliphatic carbocycles. The van der Waals surface area contributed by atoms with Gasteiger partial charge < -0.3 is 15.0 Å². The Bertz CT molecular complexity index is 1160. The number of nitrogens with zero attached hydrogens (tertiary/aromatic N) is 2. The van der Waals surface area contributed by atoms with Gasteiger partial charge in [0, 0.05) is 23.1 Å². The zero-order chi connectivity index (χ0) is 26.3. The van der Waals surface area contributed by atoms with Crippen molar-refractivity contribution in [2.75, 3.05) is 30.8 Å². The van der Waals surface area contributed by atoms with Crippen LogP contribution in [0.2, 0.25) is 10.0 Å². The summed E-state index contributed by atoms with van der Waals surface area (Å²) in [6.45, 7) is 5.39. The van der Waals surface area contributed by atoms with Gasteiger partial charge in [-0.05, 0) is 42.7 Å². The third-order valence-electron chi connectivity index (χ3n) is 5.24. The third-order valence-corrected chi connectivity index (χ3v) is 6.97. The van der Waals surface area contributed by atoms with Crippen molar-refractivity contribution in [1.29, 1.82) is 0 Å². The summed E-state index contributed by atoms with van der Waals surface area (Å²) in [4.78, 5) is 27.8. The Balaban J connectivity index is 2.45. The van der Waals surface area contributed by atoms with Crippen molar-refractivity contribution in [3.63, 3.8) is 0 Å². The molecule has 35 heavy (non-hydrogen) atoms. The van der Waals surface area contributed by atoms with Crippen LogP contribution in [0, 0.1) is 5.92 Å². The molecular formula is C24H31Cl2N3O5S. The first-order chi connectivity index (χ1) is 16.3. The highest BCUT2D eigenvalue weighted by Crippen LogP contribution is 2.33. The SMILES string of the molecule is COc1ccc(Cl)cc1N(CC(=O)N(Cc1ccccc1Cl)[C@H](C)C(=O)NCC(C)C)S(C)(=O)=O. The summed E-state index contributed by atoms with van der Waals surface area (Å²) in [5.74, 6) is -0.502. The minimum absolute atomic E-state index is 0.0130. The van der Waals surface area contributed by atoms with E-state index >= 15 is 0 Å². The molecule has 0 saturated heterocycles. The molecule has 1 atom stereocenters. The number of anilines is 1. The summed E-state index contributed by atoms with van der Waals surface area (Å²) in [5, 5.41) is 3.53. The Hall–Kier alpha value is -2.49. The summed E-state index contributed by atoms with van der Waals surface area (Å²) >= 11 is 12.4. The second kappa shape index (κ2) is 12.5. The second-order valence-electron chi connectivity index (χ2n) is 8.51. The first kappa shape index (κ1) is 28.7. The highest BCUT2D eigenvalue weighted by molar-refractivity contribution is 7.92. The van der Waals surface area contributed by atoms with Gasteiger partial charge in [-0.15, -0.1) is 0 Å². The van der Waals surface area contributed by atoms with Crippen LogP contribution in [0.1, 0.15) is 26.3 Å². The standard InChI is InChI=1S/C24H31Cl2N3O5S/c1-16(2)13-27-24(31)17(3)28(14-18-8-6-7-9-20(18)26)23(30)15-29(35(5,32)33)21-12-19(25)10-11-22(21)34-4/h6-12,16-17H,13-15H2,1-5H3,(H,27,31)/t17-/m1/s1. The Kier molecular flexibility index (Phi) is 10.2. The monoisotopic (exact) mass is 543 g/mol. The molecule has 2 rings (SSSR count). The van der Waals surface area contributed by atoms with Crippen LogP contribution in [0.15, 0.2) is 42.5 Å². The Morgan fingerprint density at radius 1 is 1.09 bits per heavy atom. The first-order valence-corrected chi connectivity index (χ1v) is 13.6. The molecule has 192 valence electrons. The number of methoxy groups -OCH3 is 1. The van der Waals surface area contributed by atoms with Gasteiger partial charge in [-0.2, -0.15) is 0 Å². The van der Waals surface area contributed by atoms with Crippen LogP contribution in [0.4, 0.5) is 5.69 Å². The molecule has 0 unspecified atom stereocenters. The van der Waals surface area contributed by atoms with Crippen molar-refractivity contribution in [2.24, 2.45) is 5.92 Å². The molecule has 11 heteroatoms. The lowest BCUT2D eigenvalue weighted by Gasteiger charge is -2.32. The van der Waals surface area contributed by atoms with Crippen LogP contribution in [-0.4, -0.2) is 57.6 Å². The van der Waals surface area contributed by atoms with Crippen molar-refractivity contribution in [3.8, 4) is 5.75 Å². The van der Waals surface area contributed by atoms with E-state index in [0.29, 0.717) is 17.1 Å². The van der Waals surface area contributed by atoms with Gasteiger partial charge in [0.05, 0.1) is 19.1 Å². The van der Waals surface area contributed by atoms with E-state index < -0.39 is 28.5 Å². The van der Waals surface area contributed by atoms with E-state index in [0.717, 1.165) is 10.6 Å². The molecule has 8 nitrogen and oxygen atoms in total. The van der Waals surface area contributed by atoms with Crippen LogP contribution in [0.3, 0.4) is 0 Å². The number of carbonyl (C=O) groups excluding carboxylic acids is 2. The third kappa shape index (κ3) is 8.02. The fourth-order valence-electron chi connectivity index (χ4n) is 3.30. The Morgan fingerprint density at radius 2 is 1.74 bits per heavy atom. The molecule has 1 N–H and O–H groups in total. The molecule has 0 bridgehead atoms. The fourth-order valence-corrected chi connectivity index (χ4v) is 4.50. The number of sulfonamides is 1. The summed E-state index contributed by atoms with van der Waals surface area (Å²) in [6, 6.07) is 10.5. The highest BCUT2D eigenvalue weighted by Gasteiger charge is 2.31. The number of hydrogen-bond donors (Lipinski definition) is 1. The van der Waals surface area contributed by atoms with Gasteiger partial charge in [0.25, 0.3) is 0 Å². The van der Waals surface area contributed by atoms with E-state index in [2.05, 4.69) is 5.32 Å². The van der Waals surface area contributed by atoms with Crippen molar-refractivity contribution in [2.45, 2.75) is 33.4 Å². The largest absolute Gasteiger partial charge is 0.495 e. The topological polar surface area (TPSA) is 96.0 Å². The van der Waals surface area contributed by atoms with Gasteiger partial charge >= 0.3 is 0 Å². The van der Waals surface area contributed by atoms with E-state index in [1.54, 1.807) is 37.3 Å². The summed E-state index contributed by atoms with van der Waals surface area (Å²) in [6.07, 6.45) is 0.984. The molecule has 2 amide bonds. The minimum Gasteiger partial charge on any atom is -0.495 e. The number of nitrogens with one attached hydrogen (secondary N) is 1. The predicted octanol–water partition coefficient (Wildman–Crippen LogP) is 3.96. The number of ether oxygens (including phenoxy) is 1. The van der Waals surface area contributed by atoms with Crippen molar-refractivity contribution in [3.05, 3.63) is 58.1 Å². The molecule has 0 fully saturated rings. The molecule has 0 heterocycles. The van der Waals surface area contributed by atoms with Gasteiger partial charge in [-0.3, -0.25) is 13.9 Å². The predicted molar refractivity (Wildman–Crippen MR) is 140 cm³/mol. The summed E-state index contributed by atoms with van der Waals surface area (Å²) in [7, 11) is -2.54. The Labute approximate surface area is 217 Å². The molecule has 0 radical (unpaired) electrons. The average Bonchev–Trinajstić information content (AvgIpc) is 2.79. The number of benzene rings is 2. The van der Waals surface area contributed by atoms with Crippen LogP contribution in [0.25, 0.3) is 0 Å². The van der Waals surface area contributed by atoms with E-state index in [1.807, 2.05) is 13.8 Å².